The average Bonchev–Trinajstić information content (AvgIpc) is 2.68. The molecule has 0 aliphatic carbocycles. The molecule has 0 heterocycles. The average molecular weight is 399 g/mol. The zero-order valence-electron chi connectivity index (χ0n) is 18.3. The third-order valence-electron chi connectivity index (χ3n) is 3.24. The second-order valence-electron chi connectivity index (χ2n) is 6.32. The summed E-state index contributed by atoms with van der Waals surface area (Å²) in [6, 6.07) is 0. The van der Waals surface area contributed by atoms with Gasteiger partial charge in [0.2, 0.25) is 0 Å². The van der Waals surface area contributed by atoms with E-state index in [2.05, 4.69) is 43.1 Å². The van der Waals surface area contributed by atoms with Crippen LogP contribution >= 0.6 is 0 Å². The summed E-state index contributed by atoms with van der Waals surface area (Å²) in [6.45, 7) is 16.6. The van der Waals surface area contributed by atoms with Crippen LogP contribution in [0, 0.1) is 5.92 Å². The number of carbonyl (C=O) groups excluding carboxylic acids is 3. The van der Waals surface area contributed by atoms with E-state index in [-0.39, 0.29) is 5.97 Å². The predicted molar refractivity (Wildman–Crippen MR) is 113 cm³/mol. The Morgan fingerprint density at radius 1 is 0.857 bits per heavy atom. The number of methoxy groups -OCH3 is 2. The van der Waals surface area contributed by atoms with E-state index in [0.29, 0.717) is 12.2 Å². The standard InChI is InChI=1S/C14H26O2.2C4H6O2/c1-12(2)10-8-6-5-7-9-11-16-14(15)13(3)4;2*1-3-4(5)6-2/h12H,3,5-11H2,1-2,4H3;2*3H,1H2,2H3. The highest BCUT2D eigenvalue weighted by atomic mass is 16.5. The highest BCUT2D eigenvalue weighted by molar-refractivity contribution is 5.86. The number of ether oxygens (including phenoxy) is 3. The molecule has 0 N–H and O–H groups in total. The fraction of sp³-hybridized carbons (Fsp3) is 0.591. The first-order valence-electron chi connectivity index (χ1n) is 9.39. The van der Waals surface area contributed by atoms with Gasteiger partial charge in [-0.25, -0.2) is 14.4 Å². The van der Waals surface area contributed by atoms with E-state index in [1.807, 2.05) is 0 Å². The topological polar surface area (TPSA) is 78.9 Å². The maximum Gasteiger partial charge on any atom is 0.333 e. The van der Waals surface area contributed by atoms with E-state index in [0.717, 1.165) is 30.9 Å². The monoisotopic (exact) mass is 398 g/mol. The lowest BCUT2D eigenvalue weighted by Crippen LogP contribution is -2.05. The van der Waals surface area contributed by atoms with Crippen LogP contribution in [0.4, 0.5) is 0 Å². The van der Waals surface area contributed by atoms with Gasteiger partial charge in [-0.2, -0.15) is 0 Å². The van der Waals surface area contributed by atoms with Gasteiger partial charge in [0.15, 0.2) is 0 Å². The number of rotatable bonds is 11. The molecule has 0 aromatic rings. The minimum Gasteiger partial charge on any atom is -0.466 e. The van der Waals surface area contributed by atoms with Crippen LogP contribution in [-0.2, 0) is 28.6 Å². The predicted octanol–water partition coefficient (Wildman–Crippen LogP) is 4.79. The molecular formula is C22H38O6. The van der Waals surface area contributed by atoms with Crippen LogP contribution in [0.3, 0.4) is 0 Å². The fourth-order valence-electron chi connectivity index (χ4n) is 1.64. The van der Waals surface area contributed by atoms with Crippen molar-refractivity contribution in [1.82, 2.24) is 0 Å². The lowest BCUT2D eigenvalue weighted by atomic mass is 10.0. The van der Waals surface area contributed by atoms with Crippen LogP contribution in [0.2, 0.25) is 0 Å². The largest absolute Gasteiger partial charge is 0.466 e. The molecule has 0 radical (unpaired) electrons. The van der Waals surface area contributed by atoms with E-state index in [4.69, 9.17) is 4.74 Å². The Labute approximate surface area is 170 Å². The quantitative estimate of drug-likeness (QED) is 0.215. The Kier molecular flexibility index (Phi) is 24.6. The van der Waals surface area contributed by atoms with Gasteiger partial charge in [0.05, 0.1) is 20.8 Å². The van der Waals surface area contributed by atoms with Crippen LogP contribution in [0.1, 0.15) is 59.3 Å². The van der Waals surface area contributed by atoms with Gasteiger partial charge < -0.3 is 14.2 Å². The second kappa shape index (κ2) is 22.7. The molecule has 0 fully saturated rings. The third kappa shape index (κ3) is 28.4. The van der Waals surface area contributed by atoms with Crippen molar-refractivity contribution in [2.45, 2.75) is 59.3 Å². The van der Waals surface area contributed by atoms with Gasteiger partial charge in [-0.3, -0.25) is 0 Å². The van der Waals surface area contributed by atoms with Gasteiger partial charge >= 0.3 is 17.9 Å². The summed E-state index contributed by atoms with van der Waals surface area (Å²) < 4.78 is 13.3. The van der Waals surface area contributed by atoms with Crippen LogP contribution in [0.5, 0.6) is 0 Å². The number of hydrogen-bond donors (Lipinski definition) is 0. The highest BCUT2D eigenvalue weighted by Crippen LogP contribution is 2.10. The highest BCUT2D eigenvalue weighted by Gasteiger charge is 2.01. The maximum atomic E-state index is 11.0. The van der Waals surface area contributed by atoms with Gasteiger partial charge in [-0.05, 0) is 19.3 Å². The molecule has 6 heteroatoms. The number of unbranched alkanes of at least 4 members (excludes halogenated alkanes) is 4. The van der Waals surface area contributed by atoms with Gasteiger partial charge in [0, 0.05) is 17.7 Å². The van der Waals surface area contributed by atoms with Crippen molar-refractivity contribution in [3.63, 3.8) is 0 Å². The molecule has 0 saturated carbocycles. The lowest BCUT2D eigenvalue weighted by molar-refractivity contribution is -0.139. The SMILES string of the molecule is C=C(C)C(=O)OCCCCCCCC(C)C.C=CC(=O)OC.C=CC(=O)OC. The Morgan fingerprint density at radius 2 is 1.29 bits per heavy atom. The zero-order chi connectivity index (χ0) is 22.4. The van der Waals surface area contributed by atoms with Crippen LogP contribution in [0.25, 0.3) is 0 Å². The van der Waals surface area contributed by atoms with Gasteiger partial charge in [-0.15, -0.1) is 0 Å². The Balaban J connectivity index is -0.000000426. The zero-order valence-corrected chi connectivity index (χ0v) is 18.3. The molecule has 0 bridgehead atoms. The molecule has 0 amide bonds. The molecule has 0 saturated heterocycles. The number of hydrogen-bond acceptors (Lipinski definition) is 6. The molecule has 0 unspecified atom stereocenters. The molecular weight excluding hydrogens is 360 g/mol. The maximum absolute atomic E-state index is 11.0. The van der Waals surface area contributed by atoms with E-state index in [1.165, 1.54) is 39.9 Å². The minimum absolute atomic E-state index is 0.264. The molecule has 0 aliphatic rings. The molecule has 162 valence electrons. The summed E-state index contributed by atoms with van der Waals surface area (Å²) in [5.41, 5.74) is 0.483. The lowest BCUT2D eigenvalue weighted by Gasteiger charge is -2.05. The molecule has 0 rings (SSSR count). The fourth-order valence-corrected chi connectivity index (χ4v) is 1.64. The Bertz CT molecular complexity index is 446. The third-order valence-corrected chi connectivity index (χ3v) is 3.24. The van der Waals surface area contributed by atoms with E-state index in [1.54, 1.807) is 6.92 Å². The van der Waals surface area contributed by atoms with Crippen LogP contribution < -0.4 is 0 Å². The molecule has 0 spiro atoms. The van der Waals surface area contributed by atoms with E-state index in [9.17, 15) is 14.4 Å². The number of esters is 3. The van der Waals surface area contributed by atoms with Crippen molar-refractivity contribution >= 4 is 17.9 Å². The molecule has 0 aromatic heterocycles. The molecule has 6 nitrogen and oxygen atoms in total. The summed E-state index contributed by atoms with van der Waals surface area (Å²) in [7, 11) is 2.62. The second-order valence-corrected chi connectivity index (χ2v) is 6.32. The molecule has 0 aliphatic heterocycles. The molecule has 0 atom stereocenters. The van der Waals surface area contributed by atoms with Crippen molar-refractivity contribution in [3.8, 4) is 0 Å². The molecule has 28 heavy (non-hydrogen) atoms. The van der Waals surface area contributed by atoms with Crippen molar-refractivity contribution < 1.29 is 28.6 Å². The van der Waals surface area contributed by atoms with Gasteiger partial charge in [0.1, 0.15) is 0 Å². The van der Waals surface area contributed by atoms with Gasteiger partial charge in [0.25, 0.3) is 0 Å². The van der Waals surface area contributed by atoms with Crippen molar-refractivity contribution in [3.05, 3.63) is 37.5 Å². The van der Waals surface area contributed by atoms with Crippen molar-refractivity contribution in [1.29, 1.82) is 0 Å². The van der Waals surface area contributed by atoms with E-state index >= 15 is 0 Å². The summed E-state index contributed by atoms with van der Waals surface area (Å²) >= 11 is 0. The Morgan fingerprint density at radius 3 is 1.61 bits per heavy atom. The van der Waals surface area contributed by atoms with Crippen LogP contribution in [-0.4, -0.2) is 38.7 Å². The van der Waals surface area contributed by atoms with Gasteiger partial charge in [-0.1, -0.05) is 65.7 Å². The van der Waals surface area contributed by atoms with Crippen molar-refractivity contribution in [2.75, 3.05) is 20.8 Å². The normalized spacial score (nSPS) is 8.93. The summed E-state index contributed by atoms with van der Waals surface area (Å²) in [6.07, 6.45) is 9.54. The minimum atomic E-state index is -0.394. The smallest absolute Gasteiger partial charge is 0.333 e. The van der Waals surface area contributed by atoms with E-state index < -0.39 is 11.9 Å². The first kappa shape index (κ1) is 30.4. The molecule has 0 aromatic carbocycles. The van der Waals surface area contributed by atoms with Crippen molar-refractivity contribution in [2.24, 2.45) is 5.92 Å². The number of carbonyl (C=O) groups is 3. The Hall–Kier alpha value is -2.37. The van der Waals surface area contributed by atoms with Crippen LogP contribution in [0.15, 0.2) is 37.5 Å². The summed E-state index contributed by atoms with van der Waals surface area (Å²) in [5, 5.41) is 0. The summed E-state index contributed by atoms with van der Waals surface area (Å²) in [5.74, 6) is -0.235. The first-order chi connectivity index (χ1) is 13.2. The summed E-state index contributed by atoms with van der Waals surface area (Å²) in [4.78, 5) is 30.7. The first-order valence-corrected chi connectivity index (χ1v) is 9.39.